The van der Waals surface area contributed by atoms with Gasteiger partial charge in [-0.25, -0.2) is 18.4 Å². The molecule has 30 heavy (non-hydrogen) atoms. The topological polar surface area (TPSA) is 150 Å². The number of anilines is 1. The molecule has 0 aromatic carbocycles. The van der Waals surface area contributed by atoms with E-state index in [2.05, 4.69) is 30.0 Å². The molecule has 11 nitrogen and oxygen atoms in total. The van der Waals surface area contributed by atoms with Gasteiger partial charge in [0.1, 0.15) is 11.4 Å². The minimum Gasteiger partial charge on any atom is -0.359 e. The molecule has 1 fully saturated rings. The smallest absolute Gasteiger partial charge is 0.295 e. The van der Waals surface area contributed by atoms with Crippen LogP contribution in [0.25, 0.3) is 22.3 Å². The van der Waals surface area contributed by atoms with Gasteiger partial charge < -0.3 is 15.2 Å². The van der Waals surface area contributed by atoms with E-state index in [-0.39, 0.29) is 11.4 Å². The van der Waals surface area contributed by atoms with Crippen LogP contribution in [0.5, 0.6) is 0 Å². The number of pyridine rings is 1. The molecule has 12 heteroatoms. The number of hydrogen-bond acceptors (Lipinski definition) is 8. The third-order valence-electron chi connectivity index (χ3n) is 4.63. The van der Waals surface area contributed by atoms with Crippen LogP contribution in [0.1, 0.15) is 10.4 Å². The lowest BCUT2D eigenvalue weighted by molar-refractivity contribution is -0.126. The molecule has 4 heterocycles. The fourth-order valence-corrected chi connectivity index (χ4v) is 3.74. The summed E-state index contributed by atoms with van der Waals surface area (Å²) in [5, 5.41) is 3.69. The van der Waals surface area contributed by atoms with E-state index < -0.39 is 21.7 Å². The Morgan fingerprint density at radius 1 is 1.13 bits per heavy atom. The lowest BCUT2D eigenvalue weighted by Crippen LogP contribution is -2.48. The van der Waals surface area contributed by atoms with Crippen molar-refractivity contribution in [2.24, 2.45) is 0 Å². The van der Waals surface area contributed by atoms with E-state index in [1.165, 1.54) is 24.8 Å². The Bertz CT molecular complexity index is 1220. The molecule has 3 N–H and O–H groups in total. The van der Waals surface area contributed by atoms with Crippen molar-refractivity contribution in [3.63, 3.8) is 0 Å². The first-order chi connectivity index (χ1) is 14.3. The van der Waals surface area contributed by atoms with Crippen molar-refractivity contribution in [1.82, 2.24) is 30.2 Å². The first-order valence-electron chi connectivity index (χ1n) is 9.14. The zero-order valence-corrected chi connectivity index (χ0v) is 16.9. The number of carbonyl (C=O) groups is 2. The number of fused-ring (bicyclic) bond motifs is 1. The molecule has 1 aliphatic heterocycles. The van der Waals surface area contributed by atoms with E-state index in [9.17, 15) is 18.0 Å². The van der Waals surface area contributed by atoms with Gasteiger partial charge in [-0.05, 0) is 6.07 Å². The molecule has 1 amide bonds. The molecular formula is C18H19N7O4S. The van der Waals surface area contributed by atoms with Crippen LogP contribution in [0.4, 0.5) is 5.82 Å². The molecular weight excluding hydrogens is 410 g/mol. The highest BCUT2D eigenvalue weighted by molar-refractivity contribution is 7.92. The summed E-state index contributed by atoms with van der Waals surface area (Å²) in [6.07, 6.45) is 6.68. The van der Waals surface area contributed by atoms with Crippen LogP contribution in [-0.4, -0.2) is 77.4 Å². The fourth-order valence-electron chi connectivity index (χ4n) is 3.26. The summed E-state index contributed by atoms with van der Waals surface area (Å²) in [5.41, 5.74) is 1.61. The predicted molar refractivity (Wildman–Crippen MR) is 109 cm³/mol. The zero-order valence-electron chi connectivity index (χ0n) is 16.0. The largest absolute Gasteiger partial charge is 0.359 e. The second-order valence-electron chi connectivity index (χ2n) is 6.82. The highest BCUT2D eigenvalue weighted by Crippen LogP contribution is 2.27. The second kappa shape index (κ2) is 7.80. The number of nitrogens with one attached hydrogen (secondary N) is 3. The molecule has 0 unspecified atom stereocenters. The monoisotopic (exact) mass is 429 g/mol. The Morgan fingerprint density at radius 2 is 1.90 bits per heavy atom. The number of ketones is 1. The van der Waals surface area contributed by atoms with E-state index in [0.717, 1.165) is 6.26 Å². The number of sulfonamides is 1. The number of rotatable bonds is 5. The Labute approximate surface area is 172 Å². The summed E-state index contributed by atoms with van der Waals surface area (Å²) in [7, 11) is -3.46. The van der Waals surface area contributed by atoms with E-state index in [1.807, 2.05) is 0 Å². The van der Waals surface area contributed by atoms with Gasteiger partial charge in [0.15, 0.2) is 5.82 Å². The molecule has 0 spiro atoms. The lowest BCUT2D eigenvalue weighted by atomic mass is 10.1. The van der Waals surface area contributed by atoms with Crippen LogP contribution in [-0.2, 0) is 14.8 Å². The summed E-state index contributed by atoms with van der Waals surface area (Å²) < 4.78 is 24.8. The van der Waals surface area contributed by atoms with Gasteiger partial charge in [0.25, 0.3) is 11.7 Å². The van der Waals surface area contributed by atoms with Gasteiger partial charge in [-0.15, -0.1) is 0 Å². The van der Waals surface area contributed by atoms with E-state index >= 15 is 0 Å². The molecule has 1 aliphatic rings. The molecule has 0 atom stereocenters. The molecule has 0 radical (unpaired) electrons. The summed E-state index contributed by atoms with van der Waals surface area (Å²) >= 11 is 0. The maximum absolute atomic E-state index is 12.8. The fraction of sp³-hybridized carbons (Fsp3) is 0.278. The number of carbonyl (C=O) groups excluding carboxylic acids is 2. The SMILES string of the molecule is CS(=O)(=O)Nc1cnc(-c2nccc3c(C(=O)C(=O)N4CCNCC4)c[nH]c23)cn1. The molecule has 0 saturated carbocycles. The summed E-state index contributed by atoms with van der Waals surface area (Å²) in [6.45, 7) is 2.29. The van der Waals surface area contributed by atoms with E-state index in [4.69, 9.17) is 0 Å². The Balaban J connectivity index is 1.65. The third-order valence-corrected chi connectivity index (χ3v) is 5.21. The van der Waals surface area contributed by atoms with Crippen molar-refractivity contribution in [1.29, 1.82) is 0 Å². The molecule has 1 saturated heterocycles. The van der Waals surface area contributed by atoms with E-state index in [0.29, 0.717) is 48.5 Å². The van der Waals surface area contributed by atoms with Crippen LogP contribution >= 0.6 is 0 Å². The quantitative estimate of drug-likeness (QED) is 0.379. The second-order valence-corrected chi connectivity index (χ2v) is 8.57. The lowest BCUT2D eigenvalue weighted by Gasteiger charge is -2.26. The maximum atomic E-state index is 12.8. The number of Topliss-reactive ketones (excluding diaryl/α,β-unsaturated/α-hetero) is 1. The number of amides is 1. The first-order valence-corrected chi connectivity index (χ1v) is 11.0. The standard InChI is InChI=1S/C18H19N7O4S/c1-30(28,29)24-14-10-21-13(9-22-14)16-15-11(2-3-20-16)12(8-23-15)17(26)18(27)25-6-4-19-5-7-25/h2-3,8-10,19,23H,4-7H2,1H3,(H,22,24). The Morgan fingerprint density at radius 3 is 2.57 bits per heavy atom. The van der Waals surface area contributed by atoms with Gasteiger partial charge in [0.2, 0.25) is 10.0 Å². The highest BCUT2D eigenvalue weighted by atomic mass is 32.2. The maximum Gasteiger partial charge on any atom is 0.295 e. The van der Waals surface area contributed by atoms with Crippen molar-refractivity contribution in [3.05, 3.63) is 36.4 Å². The van der Waals surface area contributed by atoms with Gasteiger partial charge in [-0.1, -0.05) is 0 Å². The molecule has 3 aromatic rings. The van der Waals surface area contributed by atoms with Crippen molar-refractivity contribution < 1.29 is 18.0 Å². The van der Waals surface area contributed by atoms with Crippen LogP contribution in [0.3, 0.4) is 0 Å². The first kappa shape index (κ1) is 19.9. The molecule has 0 aliphatic carbocycles. The van der Waals surface area contributed by atoms with Crippen molar-refractivity contribution in [3.8, 4) is 11.4 Å². The van der Waals surface area contributed by atoms with Crippen LogP contribution in [0.2, 0.25) is 0 Å². The van der Waals surface area contributed by atoms with Crippen LogP contribution in [0.15, 0.2) is 30.9 Å². The zero-order chi connectivity index (χ0) is 21.3. The number of aromatic nitrogens is 4. The molecule has 0 bridgehead atoms. The predicted octanol–water partition coefficient (Wildman–Crippen LogP) is 0.00590. The van der Waals surface area contributed by atoms with Gasteiger partial charge in [-0.2, -0.15) is 0 Å². The van der Waals surface area contributed by atoms with E-state index in [1.54, 1.807) is 11.0 Å². The summed E-state index contributed by atoms with van der Waals surface area (Å²) in [4.78, 5) is 42.5. The third kappa shape index (κ3) is 4.00. The van der Waals surface area contributed by atoms with Crippen LogP contribution in [0, 0.1) is 0 Å². The molecule has 3 aromatic heterocycles. The van der Waals surface area contributed by atoms with Crippen LogP contribution < -0.4 is 10.0 Å². The average molecular weight is 429 g/mol. The van der Waals surface area contributed by atoms with Gasteiger partial charge in [0.05, 0.1) is 29.7 Å². The summed E-state index contributed by atoms with van der Waals surface area (Å²) in [5.74, 6) is -1.04. The van der Waals surface area contributed by atoms with Gasteiger partial charge in [0, 0.05) is 44.0 Å². The Kier molecular flexibility index (Phi) is 5.18. The Hall–Kier alpha value is -3.38. The van der Waals surface area contributed by atoms with Crippen molar-refractivity contribution in [2.45, 2.75) is 0 Å². The van der Waals surface area contributed by atoms with Gasteiger partial charge in [-0.3, -0.25) is 19.3 Å². The molecule has 4 rings (SSSR count). The average Bonchev–Trinajstić information content (AvgIpc) is 3.17. The number of hydrogen-bond donors (Lipinski definition) is 3. The number of aromatic amines is 1. The number of H-pyrrole nitrogens is 1. The summed E-state index contributed by atoms with van der Waals surface area (Å²) in [6, 6.07) is 1.65. The number of nitrogens with zero attached hydrogens (tertiary/aromatic N) is 4. The minimum atomic E-state index is -3.46. The minimum absolute atomic E-state index is 0.0809. The van der Waals surface area contributed by atoms with Crippen molar-refractivity contribution >= 4 is 38.4 Å². The normalized spacial score (nSPS) is 14.6. The van der Waals surface area contributed by atoms with Crippen molar-refractivity contribution in [2.75, 3.05) is 37.2 Å². The van der Waals surface area contributed by atoms with Gasteiger partial charge >= 0.3 is 0 Å². The number of piperazine rings is 1. The highest BCUT2D eigenvalue weighted by Gasteiger charge is 2.27. The molecule has 156 valence electrons.